The van der Waals surface area contributed by atoms with Gasteiger partial charge in [0, 0.05) is 30.9 Å². The first-order valence-electron chi connectivity index (χ1n) is 5.92. The Kier molecular flexibility index (Phi) is 3.82. The van der Waals surface area contributed by atoms with Gasteiger partial charge in [0.2, 0.25) is 0 Å². The van der Waals surface area contributed by atoms with Gasteiger partial charge in [-0.25, -0.2) is 0 Å². The van der Waals surface area contributed by atoms with E-state index in [0.717, 1.165) is 16.8 Å². The van der Waals surface area contributed by atoms with Crippen LogP contribution < -0.4 is 11.3 Å². The Morgan fingerprint density at radius 1 is 1.53 bits per heavy atom. The number of benzene rings is 1. The molecule has 0 saturated carbocycles. The number of hydrogen-bond donors (Lipinski definition) is 3. The van der Waals surface area contributed by atoms with Gasteiger partial charge in [-0.1, -0.05) is 0 Å². The van der Waals surface area contributed by atoms with Crippen LogP contribution in [0.4, 0.5) is 5.69 Å². The zero-order chi connectivity index (χ0) is 13.8. The highest BCUT2D eigenvalue weighted by molar-refractivity contribution is 5.94. The molecule has 1 aromatic heterocycles. The van der Waals surface area contributed by atoms with E-state index in [0.29, 0.717) is 12.1 Å². The summed E-state index contributed by atoms with van der Waals surface area (Å²) in [4.78, 5) is 13.9. The Bertz CT molecular complexity index is 564. The molecule has 1 heterocycles. The van der Waals surface area contributed by atoms with E-state index in [4.69, 9.17) is 5.84 Å². The van der Waals surface area contributed by atoms with Crippen LogP contribution in [0.25, 0.3) is 0 Å². The molecule has 2 aromatic rings. The van der Waals surface area contributed by atoms with Crippen LogP contribution in [0.1, 0.15) is 21.5 Å². The highest BCUT2D eigenvalue weighted by Gasteiger charge is 2.13. The highest BCUT2D eigenvalue weighted by Crippen LogP contribution is 2.16. The number of amides is 1. The van der Waals surface area contributed by atoms with Gasteiger partial charge in [-0.3, -0.25) is 15.7 Å². The van der Waals surface area contributed by atoms with Crippen molar-refractivity contribution in [3.05, 3.63) is 47.3 Å². The topological polar surface area (TPSA) is 87.0 Å². The van der Waals surface area contributed by atoms with Gasteiger partial charge >= 0.3 is 0 Å². The molecule has 2 rings (SSSR count). The molecule has 0 radical (unpaired) electrons. The van der Waals surface area contributed by atoms with Crippen molar-refractivity contribution >= 4 is 11.6 Å². The summed E-state index contributed by atoms with van der Waals surface area (Å²) < 4.78 is 0. The summed E-state index contributed by atoms with van der Waals surface area (Å²) in [5.41, 5.74) is 5.95. The lowest BCUT2D eigenvalue weighted by Gasteiger charge is -2.17. The number of hydrogen-bond acceptors (Lipinski definition) is 4. The maximum absolute atomic E-state index is 12.3. The van der Waals surface area contributed by atoms with Crippen LogP contribution in [0.2, 0.25) is 0 Å². The average Bonchev–Trinajstić information content (AvgIpc) is 2.90. The summed E-state index contributed by atoms with van der Waals surface area (Å²) in [5.74, 6) is 5.34. The SMILES string of the molecule is Cc1cc(C(=O)N(C)Cc2cn[nH]c2)ccc1NN. The van der Waals surface area contributed by atoms with Gasteiger partial charge in [0.1, 0.15) is 0 Å². The number of carbonyl (C=O) groups excluding carboxylic acids is 1. The standard InChI is InChI=1S/C13H17N5O/c1-9-5-11(3-4-12(9)17-14)13(19)18(2)8-10-6-15-16-7-10/h3-7,17H,8,14H2,1-2H3,(H,15,16). The molecule has 6 nitrogen and oxygen atoms in total. The molecular weight excluding hydrogens is 242 g/mol. The third-order valence-corrected chi connectivity index (χ3v) is 2.95. The number of anilines is 1. The average molecular weight is 259 g/mol. The van der Waals surface area contributed by atoms with Crippen molar-refractivity contribution in [3.63, 3.8) is 0 Å². The molecule has 0 aliphatic rings. The largest absolute Gasteiger partial charge is 0.337 e. The van der Waals surface area contributed by atoms with Gasteiger partial charge in [0.15, 0.2) is 0 Å². The fourth-order valence-corrected chi connectivity index (χ4v) is 1.89. The summed E-state index contributed by atoms with van der Waals surface area (Å²) in [7, 11) is 1.76. The molecular formula is C13H17N5O. The highest BCUT2D eigenvalue weighted by atomic mass is 16.2. The molecule has 6 heteroatoms. The first-order chi connectivity index (χ1) is 9.11. The van der Waals surface area contributed by atoms with E-state index in [9.17, 15) is 4.79 Å². The molecule has 4 N–H and O–H groups in total. The van der Waals surface area contributed by atoms with E-state index >= 15 is 0 Å². The first kappa shape index (κ1) is 13.1. The number of nitrogens with zero attached hydrogens (tertiary/aromatic N) is 2. The van der Waals surface area contributed by atoms with Crippen molar-refractivity contribution in [3.8, 4) is 0 Å². The number of nitrogens with two attached hydrogens (primary N) is 1. The Labute approximate surface area is 111 Å². The van der Waals surface area contributed by atoms with E-state index in [1.807, 2.05) is 13.0 Å². The number of hydrazine groups is 1. The Morgan fingerprint density at radius 3 is 2.89 bits per heavy atom. The van der Waals surface area contributed by atoms with Crippen LogP contribution in [-0.4, -0.2) is 28.1 Å². The Morgan fingerprint density at radius 2 is 2.32 bits per heavy atom. The summed E-state index contributed by atoms with van der Waals surface area (Å²) in [6, 6.07) is 5.38. The van der Waals surface area contributed by atoms with Gasteiger partial charge in [-0.2, -0.15) is 5.10 Å². The Hall–Kier alpha value is -2.34. The van der Waals surface area contributed by atoms with Crippen molar-refractivity contribution in [2.24, 2.45) is 5.84 Å². The molecule has 0 unspecified atom stereocenters. The zero-order valence-electron chi connectivity index (χ0n) is 11.0. The molecule has 0 atom stereocenters. The minimum Gasteiger partial charge on any atom is -0.337 e. The predicted molar refractivity (Wildman–Crippen MR) is 73.4 cm³/mol. The lowest BCUT2D eigenvalue weighted by molar-refractivity contribution is 0.0785. The van der Waals surface area contributed by atoms with Gasteiger partial charge in [-0.15, -0.1) is 0 Å². The quantitative estimate of drug-likeness (QED) is 0.570. The van der Waals surface area contributed by atoms with Crippen molar-refractivity contribution < 1.29 is 4.79 Å². The summed E-state index contributed by atoms with van der Waals surface area (Å²) >= 11 is 0. The van der Waals surface area contributed by atoms with Crippen molar-refractivity contribution in [1.82, 2.24) is 15.1 Å². The third-order valence-electron chi connectivity index (χ3n) is 2.95. The van der Waals surface area contributed by atoms with Crippen molar-refractivity contribution in [2.45, 2.75) is 13.5 Å². The van der Waals surface area contributed by atoms with Gasteiger partial charge in [0.05, 0.1) is 11.9 Å². The first-order valence-corrected chi connectivity index (χ1v) is 5.92. The molecule has 0 saturated heterocycles. The van der Waals surface area contributed by atoms with Crippen LogP contribution in [0.5, 0.6) is 0 Å². The predicted octanol–water partition coefficient (Wildman–Crippen LogP) is 1.28. The molecule has 1 amide bonds. The van der Waals surface area contributed by atoms with Crippen molar-refractivity contribution in [1.29, 1.82) is 0 Å². The van der Waals surface area contributed by atoms with Gasteiger partial charge < -0.3 is 10.3 Å². The number of aromatic nitrogens is 2. The lowest BCUT2D eigenvalue weighted by Crippen LogP contribution is -2.26. The maximum atomic E-state index is 12.3. The summed E-state index contributed by atoms with van der Waals surface area (Å²) in [6.07, 6.45) is 3.48. The van der Waals surface area contributed by atoms with Gasteiger partial charge in [-0.05, 0) is 30.7 Å². The van der Waals surface area contributed by atoms with Crippen LogP contribution in [-0.2, 0) is 6.54 Å². The molecule has 0 spiro atoms. The number of carbonyl (C=O) groups is 1. The molecule has 0 bridgehead atoms. The van der Waals surface area contributed by atoms with E-state index in [2.05, 4.69) is 15.6 Å². The second-order valence-electron chi connectivity index (χ2n) is 4.44. The van der Waals surface area contributed by atoms with Crippen molar-refractivity contribution in [2.75, 3.05) is 12.5 Å². The molecule has 1 aromatic carbocycles. The van der Waals surface area contributed by atoms with Crippen LogP contribution >= 0.6 is 0 Å². The van der Waals surface area contributed by atoms with Crippen LogP contribution in [0, 0.1) is 6.92 Å². The number of aromatic amines is 1. The third kappa shape index (κ3) is 2.92. The summed E-state index contributed by atoms with van der Waals surface area (Å²) in [5, 5.41) is 6.59. The molecule has 0 aliphatic carbocycles. The number of H-pyrrole nitrogens is 1. The number of rotatable bonds is 4. The Balaban J connectivity index is 2.12. The van der Waals surface area contributed by atoms with Crippen LogP contribution in [0.3, 0.4) is 0 Å². The zero-order valence-corrected chi connectivity index (χ0v) is 11.0. The number of nitrogen functional groups attached to an aromatic ring is 1. The van der Waals surface area contributed by atoms with E-state index in [-0.39, 0.29) is 5.91 Å². The minimum atomic E-state index is -0.0344. The smallest absolute Gasteiger partial charge is 0.253 e. The van der Waals surface area contributed by atoms with E-state index in [1.54, 1.807) is 36.5 Å². The number of nitrogens with one attached hydrogen (secondary N) is 2. The second kappa shape index (κ2) is 5.53. The molecule has 19 heavy (non-hydrogen) atoms. The van der Waals surface area contributed by atoms with E-state index in [1.165, 1.54) is 0 Å². The fourth-order valence-electron chi connectivity index (χ4n) is 1.89. The maximum Gasteiger partial charge on any atom is 0.253 e. The monoisotopic (exact) mass is 259 g/mol. The fraction of sp³-hybridized carbons (Fsp3) is 0.231. The molecule has 0 fully saturated rings. The minimum absolute atomic E-state index is 0.0344. The van der Waals surface area contributed by atoms with Gasteiger partial charge in [0.25, 0.3) is 5.91 Å². The summed E-state index contributed by atoms with van der Waals surface area (Å²) in [6.45, 7) is 2.42. The van der Waals surface area contributed by atoms with E-state index < -0.39 is 0 Å². The molecule has 0 aliphatic heterocycles. The number of aryl methyl sites for hydroxylation is 1. The second-order valence-corrected chi connectivity index (χ2v) is 4.44. The van der Waals surface area contributed by atoms with Crippen LogP contribution in [0.15, 0.2) is 30.6 Å². The molecule has 100 valence electrons. The normalized spacial score (nSPS) is 10.3. The lowest BCUT2D eigenvalue weighted by atomic mass is 10.1.